The number of rotatable bonds is 5. The van der Waals surface area contributed by atoms with E-state index < -0.39 is 25.9 Å². The molecular weight excluding hydrogens is 772 g/mol. The zero-order valence-electron chi connectivity index (χ0n) is 28.3. The molecule has 0 aliphatic heterocycles. The molecule has 0 bridgehead atoms. The van der Waals surface area contributed by atoms with Crippen LogP contribution in [0.4, 0.5) is 4.39 Å². The van der Waals surface area contributed by atoms with Crippen molar-refractivity contribution in [3.8, 4) is 22.5 Å². The molecule has 3 heterocycles. The minimum atomic E-state index is -2.34. The number of pyridine rings is 2. The van der Waals surface area contributed by atoms with Crippen LogP contribution < -0.4 is 4.40 Å². The average Bonchev–Trinajstić information content (AvgIpc) is 3.35. The molecule has 3 aromatic carbocycles. The van der Waals surface area contributed by atoms with Gasteiger partial charge < -0.3 is 9.40 Å². The zero-order valence-corrected chi connectivity index (χ0v) is 29.8. The van der Waals surface area contributed by atoms with Crippen LogP contribution in [0.3, 0.4) is 0 Å². The second-order valence-electron chi connectivity index (χ2n) is 12.1. The van der Waals surface area contributed by atoms with E-state index in [0.717, 1.165) is 45.7 Å². The minimum Gasteiger partial charge on any atom is 0 e. The van der Waals surface area contributed by atoms with Crippen LogP contribution in [0.5, 0.6) is 0 Å². The number of fused-ring (bicyclic) bond motifs is 3. The van der Waals surface area contributed by atoms with Crippen molar-refractivity contribution in [3.63, 3.8) is 0 Å². The van der Waals surface area contributed by atoms with Gasteiger partial charge in [0, 0.05) is 31.7 Å². The van der Waals surface area contributed by atoms with Gasteiger partial charge in [0.1, 0.15) is 5.58 Å². The summed E-state index contributed by atoms with van der Waals surface area (Å²) < 4.78 is 44.0. The summed E-state index contributed by atoms with van der Waals surface area (Å²) >= 11 is -2.08. The number of para-hydroxylation sites is 1. The van der Waals surface area contributed by atoms with Crippen LogP contribution in [0.15, 0.2) is 83.5 Å². The topological polar surface area (TPSA) is 38.9 Å². The Morgan fingerprint density at radius 2 is 1.70 bits per heavy atom. The maximum absolute atomic E-state index is 14.5. The van der Waals surface area contributed by atoms with Gasteiger partial charge in [-0.3, -0.25) is 0 Å². The van der Waals surface area contributed by atoms with Crippen molar-refractivity contribution in [1.29, 1.82) is 0 Å². The van der Waals surface area contributed by atoms with Gasteiger partial charge in [-0.25, -0.2) is 0 Å². The van der Waals surface area contributed by atoms with Gasteiger partial charge in [-0.2, -0.15) is 0 Å². The van der Waals surface area contributed by atoms with Gasteiger partial charge in [0.15, 0.2) is 0 Å². The number of furan rings is 1. The van der Waals surface area contributed by atoms with Crippen molar-refractivity contribution in [3.05, 3.63) is 114 Å². The second-order valence-corrected chi connectivity index (χ2v) is 22.7. The third-order valence-electron chi connectivity index (χ3n) is 7.09. The van der Waals surface area contributed by atoms with E-state index in [1.807, 2.05) is 54.9 Å². The number of aryl methyl sites for hydroxylation is 2. The van der Waals surface area contributed by atoms with E-state index in [4.69, 9.17) is 8.53 Å². The first kappa shape index (κ1) is 28.6. The SMILES string of the molecule is Cc1ccnc(-c2[c-]ccc3c2oc2ccccc23)c1.[2H]C([2H])([2H])c1c[c-]c(-c2cc(CC(C)C)[c]([Ge]([CH3])([CH3])[CH3])cn2)c(F)c1.[Ir]. The summed E-state index contributed by atoms with van der Waals surface area (Å²) in [5, 5.41) is 2.24. The van der Waals surface area contributed by atoms with Crippen LogP contribution in [0.1, 0.15) is 34.7 Å². The fourth-order valence-corrected chi connectivity index (χ4v) is 8.47. The van der Waals surface area contributed by atoms with Crippen LogP contribution in [0.25, 0.3) is 44.5 Å². The molecule has 3 aromatic heterocycles. The van der Waals surface area contributed by atoms with E-state index in [1.165, 1.54) is 21.6 Å². The Kier molecular flexibility index (Phi) is 9.11. The van der Waals surface area contributed by atoms with Gasteiger partial charge in [-0.15, -0.1) is 18.2 Å². The predicted octanol–water partition coefficient (Wildman–Crippen LogP) is 9.49. The average molecular weight is 813 g/mol. The molecule has 3 nitrogen and oxygen atoms in total. The minimum absolute atomic E-state index is 0. The van der Waals surface area contributed by atoms with E-state index in [-0.39, 0.29) is 31.2 Å². The van der Waals surface area contributed by atoms with Crippen molar-refractivity contribution in [2.75, 3.05) is 0 Å². The number of hydrogen-bond donors (Lipinski definition) is 0. The van der Waals surface area contributed by atoms with Crippen LogP contribution >= 0.6 is 0 Å². The summed E-state index contributed by atoms with van der Waals surface area (Å²) in [5.74, 6) is 6.85. The maximum Gasteiger partial charge on any atom is 0 e. The molecule has 6 heteroatoms. The maximum atomic E-state index is 14.5. The molecule has 0 aliphatic rings. The summed E-state index contributed by atoms with van der Waals surface area (Å²) in [7, 11) is 0. The van der Waals surface area contributed by atoms with E-state index in [1.54, 1.807) is 0 Å². The molecule has 6 aromatic rings. The Labute approximate surface area is 274 Å². The number of hydrogen-bond acceptors (Lipinski definition) is 3. The zero-order chi connectivity index (χ0) is 32.5. The van der Waals surface area contributed by atoms with Crippen molar-refractivity contribution < 1.29 is 33.0 Å². The Bertz CT molecular complexity index is 1980. The van der Waals surface area contributed by atoms with Gasteiger partial charge in [-0.1, -0.05) is 40.8 Å². The number of halogens is 1. The molecule has 0 N–H and O–H groups in total. The third kappa shape index (κ3) is 7.52. The molecule has 223 valence electrons. The Morgan fingerprint density at radius 1 is 0.930 bits per heavy atom. The first-order chi connectivity index (χ1) is 21.2. The van der Waals surface area contributed by atoms with Crippen molar-refractivity contribution in [2.45, 2.75) is 51.3 Å². The van der Waals surface area contributed by atoms with Gasteiger partial charge in [0.25, 0.3) is 0 Å². The summed E-state index contributed by atoms with van der Waals surface area (Å²) in [6.07, 6.45) is 4.63. The van der Waals surface area contributed by atoms with Crippen LogP contribution in [0, 0.1) is 37.6 Å². The first-order valence-corrected chi connectivity index (χ1v) is 21.5. The Morgan fingerprint density at radius 3 is 2.40 bits per heavy atom. The van der Waals surface area contributed by atoms with Crippen LogP contribution in [-0.2, 0) is 26.5 Å². The smallest absolute Gasteiger partial charge is 0 e. The molecule has 43 heavy (non-hydrogen) atoms. The monoisotopic (exact) mass is 814 g/mol. The van der Waals surface area contributed by atoms with E-state index >= 15 is 0 Å². The van der Waals surface area contributed by atoms with Gasteiger partial charge in [0.05, 0.1) is 5.58 Å². The van der Waals surface area contributed by atoms with E-state index in [0.29, 0.717) is 11.6 Å². The van der Waals surface area contributed by atoms with Crippen molar-refractivity contribution in [1.82, 2.24) is 9.97 Å². The van der Waals surface area contributed by atoms with E-state index in [2.05, 4.69) is 72.3 Å². The summed E-state index contributed by atoms with van der Waals surface area (Å²) in [5.41, 5.74) is 6.67. The van der Waals surface area contributed by atoms with E-state index in [9.17, 15) is 4.39 Å². The molecule has 0 fully saturated rings. The molecule has 0 amide bonds. The fraction of sp³-hybridized carbons (Fsp3) is 0.243. The number of aromatic nitrogens is 2. The molecule has 0 saturated carbocycles. The third-order valence-corrected chi connectivity index (χ3v) is 11.4. The Balaban J connectivity index is 0.000000208. The van der Waals surface area contributed by atoms with Gasteiger partial charge in [0.2, 0.25) is 0 Å². The first-order valence-electron chi connectivity index (χ1n) is 15.7. The molecule has 6 rings (SSSR count). The quantitative estimate of drug-likeness (QED) is 0.129. The molecular formula is C37H37FGeIrN2O-2. The van der Waals surface area contributed by atoms with Crippen LogP contribution in [0.2, 0.25) is 17.3 Å². The predicted molar refractivity (Wildman–Crippen MR) is 175 cm³/mol. The largest absolute Gasteiger partial charge is 0 e. The van der Waals surface area contributed by atoms with Gasteiger partial charge >= 0.3 is 140 Å². The summed E-state index contributed by atoms with van der Waals surface area (Å²) in [4.78, 5) is 8.91. The summed E-state index contributed by atoms with van der Waals surface area (Å²) in [6.45, 7) is 4.05. The molecule has 0 atom stereocenters. The van der Waals surface area contributed by atoms with Crippen LogP contribution in [-0.4, -0.2) is 23.2 Å². The van der Waals surface area contributed by atoms with Crippen molar-refractivity contribution >= 4 is 39.6 Å². The molecule has 0 aliphatic carbocycles. The molecule has 0 unspecified atom stereocenters. The molecule has 1 radical (unpaired) electrons. The second kappa shape index (κ2) is 13.7. The number of nitrogens with zero attached hydrogens (tertiary/aromatic N) is 2. The fourth-order valence-electron chi connectivity index (χ4n) is 5.14. The standard InChI is InChI=1S/C19H25FGeN.C18H12NO.Ir/c1-13(2)9-15-11-19(22-12-18(15)21(4,5)6)16-8-7-14(3)10-17(16)20;1-12-9-10-19-16(11-12)15-7-4-6-14-13-5-2-3-8-17(13)20-18(14)15;/h7,10-13H,9H2,1-6H3;2-6,8-11H,1H3;/q2*-1;/i3D3;;. The number of benzene rings is 3. The molecule has 0 spiro atoms. The Hall–Kier alpha value is -3.12. The van der Waals surface area contributed by atoms with Crippen molar-refractivity contribution in [2.24, 2.45) is 5.92 Å². The molecule has 0 saturated heterocycles. The normalized spacial score (nSPS) is 12.7. The van der Waals surface area contributed by atoms with Gasteiger partial charge in [-0.05, 0) is 24.8 Å². The summed E-state index contributed by atoms with van der Waals surface area (Å²) in [6, 6.07) is 26.5.